The molecule has 0 atom stereocenters. The molecular weight excluding hydrogens is 392 g/mol. The molecule has 0 aliphatic carbocycles. The monoisotopic (exact) mass is 418 g/mol. The molecule has 4 rings (SSSR count). The van der Waals surface area contributed by atoms with E-state index in [0.29, 0.717) is 36.7 Å². The van der Waals surface area contributed by atoms with Crippen LogP contribution in [-0.2, 0) is 24.3 Å². The third-order valence-corrected chi connectivity index (χ3v) is 5.30. The van der Waals surface area contributed by atoms with Gasteiger partial charge in [-0.1, -0.05) is 26.8 Å². The highest BCUT2D eigenvalue weighted by Crippen LogP contribution is 2.23. The molecule has 0 radical (unpaired) electrons. The maximum Gasteiger partial charge on any atom is 0.255 e. The van der Waals surface area contributed by atoms with Gasteiger partial charge in [0.2, 0.25) is 5.91 Å². The normalized spacial score (nSPS) is 14.2. The third kappa shape index (κ3) is 4.69. The van der Waals surface area contributed by atoms with Crippen LogP contribution in [-0.4, -0.2) is 37.3 Å². The lowest BCUT2D eigenvalue weighted by Crippen LogP contribution is -2.36. The second-order valence-corrected chi connectivity index (χ2v) is 8.75. The zero-order valence-corrected chi connectivity index (χ0v) is 18.0. The van der Waals surface area contributed by atoms with Gasteiger partial charge < -0.3 is 10.3 Å². The van der Waals surface area contributed by atoms with E-state index in [0.717, 1.165) is 23.4 Å². The number of hydrogen-bond donors (Lipinski definition) is 2. The Hall–Kier alpha value is -3.39. The lowest BCUT2D eigenvalue weighted by Gasteiger charge is -2.28. The zero-order valence-electron chi connectivity index (χ0n) is 18.0. The van der Waals surface area contributed by atoms with Crippen LogP contribution in [0.4, 0.5) is 5.82 Å². The Morgan fingerprint density at radius 1 is 1.19 bits per heavy atom. The first-order valence-corrected chi connectivity index (χ1v) is 10.3. The summed E-state index contributed by atoms with van der Waals surface area (Å²) in [5, 5.41) is 2.93. The number of carbonyl (C=O) groups excluding carboxylic acids is 1. The molecule has 1 aliphatic rings. The van der Waals surface area contributed by atoms with E-state index in [9.17, 15) is 9.59 Å². The summed E-state index contributed by atoms with van der Waals surface area (Å²) in [6.07, 6.45) is 5.71. The van der Waals surface area contributed by atoms with Gasteiger partial charge in [-0.3, -0.25) is 19.5 Å². The summed E-state index contributed by atoms with van der Waals surface area (Å²) in [5.74, 6) is 1.05. The molecule has 0 unspecified atom stereocenters. The predicted molar refractivity (Wildman–Crippen MR) is 118 cm³/mol. The number of hydrogen-bond acceptors (Lipinski definition) is 6. The summed E-state index contributed by atoms with van der Waals surface area (Å²) in [4.78, 5) is 43.3. The Balaban J connectivity index is 1.53. The van der Waals surface area contributed by atoms with E-state index in [2.05, 4.69) is 25.2 Å². The summed E-state index contributed by atoms with van der Waals surface area (Å²) >= 11 is 0. The van der Waals surface area contributed by atoms with Crippen molar-refractivity contribution in [3.8, 4) is 11.4 Å². The van der Waals surface area contributed by atoms with Gasteiger partial charge in [0.05, 0.1) is 11.3 Å². The molecule has 3 aromatic rings. The van der Waals surface area contributed by atoms with E-state index >= 15 is 0 Å². The van der Waals surface area contributed by atoms with Gasteiger partial charge in [-0.15, -0.1) is 0 Å². The van der Waals surface area contributed by atoms with Gasteiger partial charge in [-0.25, -0.2) is 9.97 Å². The molecule has 0 fully saturated rings. The smallest absolute Gasteiger partial charge is 0.255 e. The summed E-state index contributed by atoms with van der Waals surface area (Å²) < 4.78 is 0. The number of pyridine rings is 2. The van der Waals surface area contributed by atoms with Crippen molar-refractivity contribution in [3.05, 3.63) is 70.0 Å². The first-order valence-electron chi connectivity index (χ1n) is 10.3. The molecule has 0 spiro atoms. The number of H-pyrrole nitrogens is 1. The fourth-order valence-electron chi connectivity index (χ4n) is 3.48. The number of rotatable bonds is 4. The predicted octanol–water partition coefficient (Wildman–Crippen LogP) is 2.77. The van der Waals surface area contributed by atoms with Crippen molar-refractivity contribution in [3.63, 3.8) is 0 Å². The zero-order chi connectivity index (χ0) is 22.0. The van der Waals surface area contributed by atoms with Crippen molar-refractivity contribution in [2.24, 2.45) is 5.41 Å². The van der Waals surface area contributed by atoms with Crippen LogP contribution in [0.2, 0.25) is 0 Å². The van der Waals surface area contributed by atoms with Gasteiger partial charge in [-0.2, -0.15) is 0 Å². The highest BCUT2D eigenvalue weighted by atomic mass is 16.2. The Bertz CT molecular complexity index is 1150. The molecule has 0 bridgehead atoms. The Kier molecular flexibility index (Phi) is 5.65. The van der Waals surface area contributed by atoms with Crippen LogP contribution >= 0.6 is 0 Å². The van der Waals surface area contributed by atoms with Gasteiger partial charge in [0.25, 0.3) is 5.56 Å². The molecule has 1 amide bonds. The quantitative estimate of drug-likeness (QED) is 0.675. The molecule has 3 aromatic heterocycles. The van der Waals surface area contributed by atoms with E-state index < -0.39 is 5.41 Å². The molecule has 4 heterocycles. The second-order valence-electron chi connectivity index (χ2n) is 8.75. The number of fused-ring (bicyclic) bond motifs is 1. The number of aromatic amines is 1. The highest BCUT2D eigenvalue weighted by molar-refractivity contribution is 5.94. The number of amides is 1. The van der Waals surface area contributed by atoms with E-state index in [1.807, 2.05) is 45.0 Å². The Labute approximate surface area is 180 Å². The van der Waals surface area contributed by atoms with Crippen LogP contribution in [0.1, 0.15) is 37.6 Å². The fourth-order valence-corrected chi connectivity index (χ4v) is 3.48. The van der Waals surface area contributed by atoms with Crippen LogP contribution in [0.25, 0.3) is 11.4 Å². The molecule has 8 nitrogen and oxygen atoms in total. The number of aromatic nitrogens is 4. The summed E-state index contributed by atoms with van der Waals surface area (Å²) in [5.41, 5.74) is 2.65. The largest absolute Gasteiger partial charge is 0.310 e. The molecule has 0 aromatic carbocycles. The summed E-state index contributed by atoms with van der Waals surface area (Å²) in [6, 6.07) is 7.47. The van der Waals surface area contributed by atoms with Crippen LogP contribution in [0.5, 0.6) is 0 Å². The van der Waals surface area contributed by atoms with E-state index in [-0.39, 0.29) is 11.5 Å². The molecular formula is C23H26N6O2. The second kappa shape index (κ2) is 8.39. The number of nitrogens with zero attached hydrogens (tertiary/aromatic N) is 4. The average Bonchev–Trinajstić information content (AvgIpc) is 2.75. The van der Waals surface area contributed by atoms with Crippen molar-refractivity contribution in [1.82, 2.24) is 24.8 Å². The molecule has 0 saturated heterocycles. The third-order valence-electron chi connectivity index (χ3n) is 5.30. The molecule has 8 heteroatoms. The Morgan fingerprint density at radius 3 is 2.71 bits per heavy atom. The van der Waals surface area contributed by atoms with Crippen molar-refractivity contribution in [2.75, 3.05) is 11.9 Å². The van der Waals surface area contributed by atoms with Crippen LogP contribution < -0.4 is 10.9 Å². The van der Waals surface area contributed by atoms with Crippen LogP contribution in [0.15, 0.2) is 47.7 Å². The van der Waals surface area contributed by atoms with Gasteiger partial charge >= 0.3 is 0 Å². The SMILES string of the molecule is CC(C)(C)C(=O)Nc1ncccc1CN1CCc2nc(-c3ccncc3)[nH]c(=O)c2C1. The van der Waals surface area contributed by atoms with Gasteiger partial charge in [-0.05, 0) is 18.2 Å². The van der Waals surface area contributed by atoms with Crippen LogP contribution in [0.3, 0.4) is 0 Å². The number of nitrogens with one attached hydrogen (secondary N) is 2. The average molecular weight is 419 g/mol. The summed E-state index contributed by atoms with van der Waals surface area (Å²) in [7, 11) is 0. The van der Waals surface area contributed by atoms with Gasteiger partial charge in [0.15, 0.2) is 0 Å². The lowest BCUT2D eigenvalue weighted by atomic mass is 9.95. The number of carbonyl (C=O) groups is 1. The minimum atomic E-state index is -0.510. The Morgan fingerprint density at radius 2 is 1.97 bits per heavy atom. The van der Waals surface area contributed by atoms with E-state index in [1.165, 1.54) is 0 Å². The molecule has 1 aliphatic heterocycles. The van der Waals surface area contributed by atoms with E-state index in [4.69, 9.17) is 4.98 Å². The molecule has 31 heavy (non-hydrogen) atoms. The van der Waals surface area contributed by atoms with Crippen molar-refractivity contribution < 1.29 is 4.79 Å². The minimum absolute atomic E-state index is 0.0827. The lowest BCUT2D eigenvalue weighted by molar-refractivity contribution is -0.123. The maximum absolute atomic E-state index is 12.8. The summed E-state index contributed by atoms with van der Waals surface area (Å²) in [6.45, 7) is 7.44. The molecule has 2 N–H and O–H groups in total. The van der Waals surface area contributed by atoms with Crippen molar-refractivity contribution in [2.45, 2.75) is 40.3 Å². The van der Waals surface area contributed by atoms with Crippen molar-refractivity contribution in [1.29, 1.82) is 0 Å². The highest BCUT2D eigenvalue weighted by Gasteiger charge is 2.25. The van der Waals surface area contributed by atoms with Crippen molar-refractivity contribution >= 4 is 11.7 Å². The standard InChI is InChI=1S/C23H26N6O2/c1-23(2,3)22(31)28-19-16(5-4-9-25-19)13-29-12-8-18-17(14-29)21(30)27-20(26-18)15-6-10-24-11-7-15/h4-7,9-11H,8,12-14H2,1-3H3,(H,25,28,31)(H,26,27,30). The number of anilines is 1. The first kappa shape index (κ1) is 20.9. The van der Waals surface area contributed by atoms with Gasteiger partial charge in [0.1, 0.15) is 11.6 Å². The first-order chi connectivity index (χ1) is 14.8. The van der Waals surface area contributed by atoms with Gasteiger partial charge in [0, 0.05) is 61.2 Å². The van der Waals surface area contributed by atoms with Crippen LogP contribution in [0, 0.1) is 5.41 Å². The minimum Gasteiger partial charge on any atom is -0.310 e. The fraction of sp³-hybridized carbons (Fsp3) is 0.348. The molecule has 0 saturated carbocycles. The van der Waals surface area contributed by atoms with E-state index in [1.54, 1.807) is 18.6 Å². The topological polar surface area (TPSA) is 104 Å². The molecule has 160 valence electrons. The maximum atomic E-state index is 12.8.